The Balaban J connectivity index is 2.37. The van der Waals surface area contributed by atoms with E-state index in [1.165, 1.54) is 13.0 Å². The number of benzene rings is 2. The molecule has 0 spiro atoms. The number of carboxylic acids is 1. The number of para-hydroxylation sites is 1. The predicted molar refractivity (Wildman–Crippen MR) is 106 cm³/mol. The number of sulfonamides is 1. The average molecular weight is 436 g/mol. The lowest BCUT2D eigenvalue weighted by Gasteiger charge is -2.17. The minimum Gasteiger partial charge on any atom is -0.478 e. The number of anilines is 1. The van der Waals surface area contributed by atoms with Crippen molar-refractivity contribution in [1.82, 2.24) is 0 Å². The highest BCUT2D eigenvalue weighted by molar-refractivity contribution is 7.89. The molecule has 0 bridgehead atoms. The van der Waals surface area contributed by atoms with Crippen molar-refractivity contribution in [2.24, 2.45) is 5.14 Å². The number of hydrogen-bond donors (Lipinski definition) is 3. The van der Waals surface area contributed by atoms with E-state index in [-0.39, 0.29) is 35.7 Å². The predicted octanol–water partition coefficient (Wildman–Crippen LogP) is 1.76. The molecule has 0 amide bonds. The SMILES string of the molecule is CC(=O)OCC(=O)CCNc1cc(C(=O)O)cc(S(N)(=O)=O)c1Oc1ccccc1. The standard InChI is InChI=1S/C19H20N2O8S/c1-12(22)28-11-14(23)7-8-21-16-9-13(19(24)25)10-17(30(20,26)27)18(16)29-15-5-3-2-4-6-15/h2-6,9-10,21H,7-8,11H2,1H3,(H,24,25)(H2,20,26,27). The Labute approximate surface area is 172 Å². The smallest absolute Gasteiger partial charge is 0.335 e. The summed E-state index contributed by atoms with van der Waals surface area (Å²) in [5.41, 5.74) is -0.323. The monoisotopic (exact) mass is 436 g/mol. The second-order valence-electron chi connectivity index (χ2n) is 6.11. The van der Waals surface area contributed by atoms with Crippen LogP contribution in [0.5, 0.6) is 11.5 Å². The summed E-state index contributed by atoms with van der Waals surface area (Å²) in [4.78, 5) is 33.4. The second kappa shape index (κ2) is 9.85. The van der Waals surface area contributed by atoms with Crippen LogP contribution in [0, 0.1) is 0 Å². The van der Waals surface area contributed by atoms with E-state index in [1.54, 1.807) is 30.3 Å². The third-order valence-corrected chi connectivity index (χ3v) is 4.64. The summed E-state index contributed by atoms with van der Waals surface area (Å²) in [6, 6.07) is 10.3. The summed E-state index contributed by atoms with van der Waals surface area (Å²) in [5, 5.41) is 17.4. The lowest BCUT2D eigenvalue weighted by Crippen LogP contribution is -2.18. The Morgan fingerprint density at radius 1 is 1.13 bits per heavy atom. The zero-order valence-electron chi connectivity index (χ0n) is 16.0. The molecule has 0 fully saturated rings. The van der Waals surface area contributed by atoms with Gasteiger partial charge in [0.1, 0.15) is 17.3 Å². The maximum atomic E-state index is 12.1. The maximum Gasteiger partial charge on any atom is 0.335 e. The number of primary sulfonamides is 1. The van der Waals surface area contributed by atoms with Crippen LogP contribution in [-0.2, 0) is 24.3 Å². The molecule has 0 heterocycles. The van der Waals surface area contributed by atoms with Gasteiger partial charge in [-0.1, -0.05) is 18.2 Å². The van der Waals surface area contributed by atoms with Crippen LogP contribution in [0.25, 0.3) is 0 Å². The molecule has 0 atom stereocenters. The van der Waals surface area contributed by atoms with Gasteiger partial charge >= 0.3 is 11.9 Å². The number of carbonyl (C=O) groups excluding carboxylic acids is 2. The van der Waals surface area contributed by atoms with Gasteiger partial charge in [0.05, 0.1) is 11.3 Å². The molecule has 0 saturated heterocycles. The van der Waals surface area contributed by atoms with E-state index in [0.29, 0.717) is 5.75 Å². The fourth-order valence-corrected chi connectivity index (χ4v) is 3.07. The number of Topliss-reactive ketones (excluding diaryl/α,β-unsaturated/α-hetero) is 1. The Bertz CT molecular complexity index is 1050. The van der Waals surface area contributed by atoms with E-state index < -0.39 is 33.5 Å². The molecule has 0 saturated carbocycles. The molecule has 0 aliphatic heterocycles. The molecule has 0 aromatic heterocycles. The largest absolute Gasteiger partial charge is 0.478 e. The molecule has 2 aromatic rings. The molecular weight excluding hydrogens is 416 g/mol. The van der Waals surface area contributed by atoms with Crippen molar-refractivity contribution in [3.63, 3.8) is 0 Å². The number of esters is 1. The minimum atomic E-state index is -4.34. The third kappa shape index (κ3) is 6.57. The first kappa shape index (κ1) is 22.8. The Morgan fingerprint density at radius 3 is 2.37 bits per heavy atom. The van der Waals surface area contributed by atoms with Gasteiger partial charge in [0.15, 0.2) is 11.5 Å². The fourth-order valence-electron chi connectivity index (χ4n) is 2.37. The average Bonchev–Trinajstić information content (AvgIpc) is 2.67. The number of hydrogen-bond acceptors (Lipinski definition) is 8. The van der Waals surface area contributed by atoms with Crippen LogP contribution in [0.2, 0.25) is 0 Å². The fraction of sp³-hybridized carbons (Fsp3) is 0.211. The van der Waals surface area contributed by atoms with E-state index in [4.69, 9.17) is 9.88 Å². The first-order chi connectivity index (χ1) is 14.1. The number of nitrogens with two attached hydrogens (primary N) is 1. The first-order valence-electron chi connectivity index (χ1n) is 8.64. The van der Waals surface area contributed by atoms with Crippen molar-refractivity contribution in [3.8, 4) is 11.5 Å². The summed E-state index contributed by atoms with van der Waals surface area (Å²) in [6.07, 6.45) is -0.0694. The lowest BCUT2D eigenvalue weighted by molar-refractivity contribution is -0.145. The van der Waals surface area contributed by atoms with Crippen molar-refractivity contribution in [1.29, 1.82) is 0 Å². The molecular formula is C19H20N2O8S. The number of carboxylic acid groups (broad SMARTS) is 1. The number of ketones is 1. The molecule has 0 radical (unpaired) electrons. The van der Waals surface area contributed by atoms with E-state index in [2.05, 4.69) is 10.1 Å². The second-order valence-corrected chi connectivity index (χ2v) is 7.64. The minimum absolute atomic E-state index is 0.00161. The van der Waals surface area contributed by atoms with E-state index in [0.717, 1.165) is 6.07 Å². The van der Waals surface area contributed by atoms with Gasteiger partial charge in [0, 0.05) is 19.9 Å². The van der Waals surface area contributed by atoms with Gasteiger partial charge in [-0.15, -0.1) is 0 Å². The molecule has 4 N–H and O–H groups in total. The number of rotatable bonds is 10. The van der Waals surface area contributed by atoms with Crippen LogP contribution in [0.3, 0.4) is 0 Å². The highest BCUT2D eigenvalue weighted by Gasteiger charge is 2.23. The van der Waals surface area contributed by atoms with Crippen LogP contribution in [0.4, 0.5) is 5.69 Å². The summed E-state index contributed by atoms with van der Waals surface area (Å²) >= 11 is 0. The summed E-state index contributed by atoms with van der Waals surface area (Å²) in [5.74, 6) is -2.27. The quantitative estimate of drug-likeness (QED) is 0.471. The summed E-state index contributed by atoms with van der Waals surface area (Å²) in [7, 11) is -4.34. The van der Waals surface area contributed by atoms with Crippen molar-refractivity contribution >= 4 is 33.4 Å². The highest BCUT2D eigenvalue weighted by atomic mass is 32.2. The van der Waals surface area contributed by atoms with Gasteiger partial charge in [-0.25, -0.2) is 18.4 Å². The van der Waals surface area contributed by atoms with Gasteiger partial charge in [0.25, 0.3) is 0 Å². The number of ether oxygens (including phenoxy) is 2. The normalized spacial score (nSPS) is 10.9. The van der Waals surface area contributed by atoms with E-state index in [9.17, 15) is 27.9 Å². The molecule has 0 aliphatic carbocycles. The molecule has 10 nitrogen and oxygen atoms in total. The van der Waals surface area contributed by atoms with Gasteiger partial charge in [-0.05, 0) is 24.3 Å². The van der Waals surface area contributed by atoms with E-state index >= 15 is 0 Å². The van der Waals surface area contributed by atoms with Gasteiger partial charge in [-0.3, -0.25) is 9.59 Å². The van der Waals surface area contributed by atoms with Crippen LogP contribution in [-0.4, -0.2) is 44.4 Å². The van der Waals surface area contributed by atoms with Gasteiger partial charge in [-0.2, -0.15) is 0 Å². The maximum absolute atomic E-state index is 12.1. The molecule has 160 valence electrons. The van der Waals surface area contributed by atoms with Crippen molar-refractivity contribution in [2.45, 2.75) is 18.2 Å². The molecule has 2 aromatic carbocycles. The van der Waals surface area contributed by atoms with Crippen molar-refractivity contribution in [3.05, 3.63) is 48.0 Å². The highest BCUT2D eigenvalue weighted by Crippen LogP contribution is 2.37. The molecule has 0 unspecified atom stereocenters. The van der Waals surface area contributed by atoms with E-state index in [1.807, 2.05) is 0 Å². The van der Waals surface area contributed by atoms with Crippen LogP contribution >= 0.6 is 0 Å². The molecule has 30 heavy (non-hydrogen) atoms. The van der Waals surface area contributed by atoms with Crippen molar-refractivity contribution in [2.75, 3.05) is 18.5 Å². The molecule has 11 heteroatoms. The molecule has 0 aliphatic rings. The number of nitrogens with one attached hydrogen (secondary N) is 1. The zero-order chi connectivity index (χ0) is 22.3. The summed E-state index contributed by atoms with van der Waals surface area (Å²) < 4.78 is 34.4. The van der Waals surface area contributed by atoms with Gasteiger partial charge < -0.3 is 19.9 Å². The Hall–Kier alpha value is -3.44. The first-order valence-corrected chi connectivity index (χ1v) is 10.2. The Kier molecular flexibility index (Phi) is 7.50. The number of aromatic carboxylic acids is 1. The zero-order valence-corrected chi connectivity index (χ0v) is 16.8. The third-order valence-electron chi connectivity index (χ3n) is 3.73. The van der Waals surface area contributed by atoms with Crippen LogP contribution in [0.1, 0.15) is 23.7 Å². The lowest BCUT2D eigenvalue weighted by atomic mass is 10.1. The number of carbonyl (C=O) groups is 3. The summed E-state index contributed by atoms with van der Waals surface area (Å²) in [6.45, 7) is 0.769. The van der Waals surface area contributed by atoms with Crippen molar-refractivity contribution < 1.29 is 37.4 Å². The van der Waals surface area contributed by atoms with Gasteiger partial charge in [0.2, 0.25) is 10.0 Å². The molecule has 2 rings (SSSR count). The topological polar surface area (TPSA) is 162 Å². The Morgan fingerprint density at radius 2 is 1.80 bits per heavy atom. The van der Waals surface area contributed by atoms with Crippen LogP contribution < -0.4 is 15.2 Å². The van der Waals surface area contributed by atoms with Crippen LogP contribution in [0.15, 0.2) is 47.4 Å².